The van der Waals surface area contributed by atoms with Crippen LogP contribution in [0.3, 0.4) is 0 Å². The molecule has 0 bridgehead atoms. The number of esters is 1. The number of aromatic nitrogens is 2. The van der Waals surface area contributed by atoms with Crippen molar-refractivity contribution in [2.24, 2.45) is 0 Å². The number of hydrogen-bond acceptors (Lipinski definition) is 6. The van der Waals surface area contributed by atoms with E-state index < -0.39 is 11.9 Å². The molecule has 0 radical (unpaired) electrons. The van der Waals surface area contributed by atoms with Gasteiger partial charge in [-0.25, -0.2) is 0 Å². The number of carbonyl (C=O) groups is 1. The summed E-state index contributed by atoms with van der Waals surface area (Å²) in [6.45, 7) is 4.00. The Bertz CT molecular complexity index is 1370. The van der Waals surface area contributed by atoms with Crippen LogP contribution >= 0.6 is 0 Å². The van der Waals surface area contributed by atoms with Gasteiger partial charge in [-0.1, -0.05) is 30.3 Å². The molecule has 1 N–H and O–H groups in total. The first-order valence-corrected chi connectivity index (χ1v) is 10.1. The molecule has 156 valence electrons. The van der Waals surface area contributed by atoms with Gasteiger partial charge in [-0.3, -0.25) is 14.3 Å². The Labute approximate surface area is 177 Å². The fraction of sp³-hybridized carbons (Fsp3) is 0.208. The zero-order valence-electron chi connectivity index (χ0n) is 17.0. The fourth-order valence-corrected chi connectivity index (χ4v) is 4.19. The van der Waals surface area contributed by atoms with Crippen LogP contribution in [0.15, 0.2) is 63.9 Å². The first-order chi connectivity index (χ1) is 14.9. The first-order valence-electron chi connectivity index (χ1n) is 10.1. The van der Waals surface area contributed by atoms with Gasteiger partial charge in [0.1, 0.15) is 28.2 Å². The molecular weight excluding hydrogens is 396 g/mol. The fourth-order valence-electron chi connectivity index (χ4n) is 4.19. The highest BCUT2D eigenvalue weighted by Gasteiger charge is 2.35. The van der Waals surface area contributed by atoms with E-state index in [-0.39, 0.29) is 40.4 Å². The van der Waals surface area contributed by atoms with Crippen molar-refractivity contribution in [3.05, 3.63) is 76.2 Å². The molecule has 0 aliphatic carbocycles. The highest BCUT2D eigenvalue weighted by Crippen LogP contribution is 2.46. The molecule has 1 atom stereocenters. The molecule has 0 saturated heterocycles. The number of aromatic hydroxyl groups is 1. The van der Waals surface area contributed by atoms with Gasteiger partial charge in [0.05, 0.1) is 6.42 Å². The molecule has 2 aromatic heterocycles. The first kappa shape index (κ1) is 19.1. The number of benzene rings is 2. The molecule has 0 spiro atoms. The highest BCUT2D eigenvalue weighted by atomic mass is 16.5. The van der Waals surface area contributed by atoms with Gasteiger partial charge in [0.2, 0.25) is 0 Å². The predicted molar refractivity (Wildman–Crippen MR) is 114 cm³/mol. The third kappa shape index (κ3) is 3.09. The predicted octanol–water partition coefficient (Wildman–Crippen LogP) is 4.38. The number of hydrogen-bond donors (Lipinski definition) is 1. The minimum Gasteiger partial charge on any atom is -0.507 e. The molecule has 31 heavy (non-hydrogen) atoms. The van der Waals surface area contributed by atoms with Crippen LogP contribution in [0.1, 0.15) is 43.5 Å². The Kier molecular flexibility index (Phi) is 4.39. The molecule has 4 aromatic rings. The molecule has 0 saturated carbocycles. The summed E-state index contributed by atoms with van der Waals surface area (Å²) in [6, 6.07) is 13.9. The average molecular weight is 416 g/mol. The number of rotatable bonds is 3. The number of ether oxygens (including phenoxy) is 1. The third-order valence-corrected chi connectivity index (χ3v) is 5.53. The van der Waals surface area contributed by atoms with Crippen molar-refractivity contribution in [3.8, 4) is 22.8 Å². The second-order valence-corrected chi connectivity index (χ2v) is 7.88. The highest BCUT2D eigenvalue weighted by molar-refractivity contribution is 5.93. The largest absolute Gasteiger partial charge is 0.507 e. The van der Waals surface area contributed by atoms with Crippen molar-refractivity contribution >= 4 is 16.9 Å². The molecule has 1 unspecified atom stereocenters. The number of carbonyl (C=O) groups excluding carboxylic acids is 1. The van der Waals surface area contributed by atoms with E-state index >= 15 is 0 Å². The van der Waals surface area contributed by atoms with Crippen molar-refractivity contribution in [2.45, 2.75) is 32.2 Å². The maximum Gasteiger partial charge on any atom is 0.312 e. The number of phenols is 1. The Balaban J connectivity index is 1.84. The normalized spacial score (nSPS) is 15.8. The summed E-state index contributed by atoms with van der Waals surface area (Å²) >= 11 is 0. The third-order valence-electron chi connectivity index (χ3n) is 5.53. The van der Waals surface area contributed by atoms with Crippen LogP contribution in [0.25, 0.3) is 22.3 Å². The molecule has 7 nitrogen and oxygen atoms in total. The van der Waals surface area contributed by atoms with Crippen LogP contribution in [0.2, 0.25) is 0 Å². The molecule has 0 amide bonds. The lowest BCUT2D eigenvalue weighted by Crippen LogP contribution is -2.24. The van der Waals surface area contributed by atoms with Crippen molar-refractivity contribution in [2.75, 3.05) is 0 Å². The summed E-state index contributed by atoms with van der Waals surface area (Å²) in [5.74, 6) is -0.573. The van der Waals surface area contributed by atoms with E-state index in [1.165, 1.54) is 12.1 Å². The van der Waals surface area contributed by atoms with Crippen LogP contribution in [0.5, 0.6) is 11.5 Å². The van der Waals surface area contributed by atoms with Crippen LogP contribution in [-0.4, -0.2) is 20.9 Å². The second-order valence-electron chi connectivity index (χ2n) is 7.88. The van der Waals surface area contributed by atoms with Gasteiger partial charge >= 0.3 is 5.97 Å². The van der Waals surface area contributed by atoms with Gasteiger partial charge in [-0.15, -0.1) is 0 Å². The minimum absolute atomic E-state index is 0.0667. The Morgan fingerprint density at radius 2 is 1.90 bits per heavy atom. The number of fused-ring (bicyclic) bond motifs is 3. The molecular formula is C24H20N2O5. The van der Waals surface area contributed by atoms with Crippen LogP contribution in [0, 0.1) is 0 Å². The lowest BCUT2D eigenvalue weighted by molar-refractivity contribution is -0.135. The number of nitrogens with zero attached hydrogens (tertiary/aromatic N) is 2. The zero-order chi connectivity index (χ0) is 21.7. The maximum atomic E-state index is 13.0. The Morgan fingerprint density at radius 1 is 1.13 bits per heavy atom. The lowest BCUT2D eigenvalue weighted by Gasteiger charge is -2.27. The molecule has 7 heteroatoms. The van der Waals surface area contributed by atoms with E-state index in [1.807, 2.05) is 54.9 Å². The molecule has 5 rings (SSSR count). The molecule has 2 aromatic carbocycles. The molecule has 1 aliphatic heterocycles. The van der Waals surface area contributed by atoms with E-state index in [0.29, 0.717) is 11.3 Å². The van der Waals surface area contributed by atoms with E-state index in [1.54, 1.807) is 6.20 Å². The average Bonchev–Trinajstić information content (AvgIpc) is 3.23. The van der Waals surface area contributed by atoms with Crippen molar-refractivity contribution < 1.29 is 19.1 Å². The zero-order valence-corrected chi connectivity index (χ0v) is 17.0. The van der Waals surface area contributed by atoms with Crippen LogP contribution in [-0.2, 0) is 4.79 Å². The quantitative estimate of drug-likeness (QED) is 0.393. The van der Waals surface area contributed by atoms with Gasteiger partial charge in [0, 0.05) is 47.1 Å². The topological polar surface area (TPSA) is 94.6 Å². The number of phenolic OH excluding ortho intramolecular Hbond substituents is 1. The molecule has 3 heterocycles. The van der Waals surface area contributed by atoms with Gasteiger partial charge in [0.15, 0.2) is 5.43 Å². The van der Waals surface area contributed by atoms with E-state index in [0.717, 1.165) is 11.3 Å². The van der Waals surface area contributed by atoms with Gasteiger partial charge in [-0.2, -0.15) is 5.10 Å². The summed E-state index contributed by atoms with van der Waals surface area (Å²) in [4.78, 5) is 25.4. The van der Waals surface area contributed by atoms with Gasteiger partial charge < -0.3 is 14.3 Å². The van der Waals surface area contributed by atoms with Crippen molar-refractivity contribution in [1.82, 2.24) is 9.78 Å². The van der Waals surface area contributed by atoms with Crippen LogP contribution < -0.4 is 10.2 Å². The summed E-state index contributed by atoms with van der Waals surface area (Å²) in [5, 5.41) is 15.0. The summed E-state index contributed by atoms with van der Waals surface area (Å²) < 4.78 is 13.5. The molecule has 0 fully saturated rings. The minimum atomic E-state index is -0.432. The van der Waals surface area contributed by atoms with Gasteiger partial charge in [0.25, 0.3) is 0 Å². The van der Waals surface area contributed by atoms with Crippen molar-refractivity contribution in [1.29, 1.82) is 0 Å². The maximum absolute atomic E-state index is 13.0. The second kappa shape index (κ2) is 7.12. The monoisotopic (exact) mass is 416 g/mol. The Morgan fingerprint density at radius 3 is 2.65 bits per heavy atom. The summed E-state index contributed by atoms with van der Waals surface area (Å²) in [7, 11) is 0. The smallest absolute Gasteiger partial charge is 0.312 e. The molecule has 1 aliphatic rings. The van der Waals surface area contributed by atoms with Crippen molar-refractivity contribution in [3.63, 3.8) is 0 Å². The summed E-state index contributed by atoms with van der Waals surface area (Å²) in [6.07, 6.45) is 1.76. The lowest BCUT2D eigenvalue weighted by atomic mass is 9.87. The van der Waals surface area contributed by atoms with Gasteiger partial charge in [-0.05, 0) is 19.9 Å². The van der Waals surface area contributed by atoms with E-state index in [4.69, 9.17) is 9.15 Å². The van der Waals surface area contributed by atoms with E-state index in [2.05, 4.69) is 5.10 Å². The summed E-state index contributed by atoms with van der Waals surface area (Å²) in [5.41, 5.74) is 1.95. The standard InChI is InChI=1S/C24H20N2O5/c1-13(2)26-16(8-9-25-26)15-10-21(29)30-20-12-18(28)23-17(27)11-19(31-24(23)22(15)20)14-6-4-3-5-7-14/h3-9,11-13,15,28H,10H2,1-2H3. The van der Waals surface area contributed by atoms with E-state index in [9.17, 15) is 14.7 Å². The SMILES string of the molecule is CC(C)n1nccc1C1CC(=O)Oc2cc(O)c3c(=O)cc(-c4ccccc4)oc3c21. The van der Waals surface area contributed by atoms with Crippen LogP contribution in [0.4, 0.5) is 0 Å². The Hall–Kier alpha value is -3.87.